The second-order valence-corrected chi connectivity index (χ2v) is 8.46. The van der Waals surface area contributed by atoms with E-state index >= 15 is 0 Å². The van der Waals surface area contributed by atoms with E-state index in [4.69, 9.17) is 10.7 Å². The minimum absolute atomic E-state index is 0.0968. The number of amides is 1. The molecule has 0 aliphatic heterocycles. The van der Waals surface area contributed by atoms with Crippen molar-refractivity contribution in [2.24, 2.45) is 5.73 Å². The molecule has 7 nitrogen and oxygen atoms in total. The topological polar surface area (TPSA) is 117 Å². The fraction of sp³-hybridized carbons (Fsp3) is 0.409. The molecule has 0 aliphatic rings. The van der Waals surface area contributed by atoms with Crippen LogP contribution in [0.4, 0.5) is 5.69 Å². The van der Waals surface area contributed by atoms with Crippen molar-refractivity contribution >= 4 is 22.5 Å². The number of aliphatic hydroxyl groups is 1. The van der Waals surface area contributed by atoms with Gasteiger partial charge in [-0.15, -0.1) is 0 Å². The molecule has 7 heteroatoms. The Labute approximate surface area is 170 Å². The van der Waals surface area contributed by atoms with Crippen LogP contribution in [0.1, 0.15) is 55.7 Å². The number of rotatable bonds is 7. The molecule has 0 fully saturated rings. The number of H-pyrrole nitrogens is 1. The highest BCUT2D eigenvalue weighted by molar-refractivity contribution is 6.08. The Kier molecular flexibility index (Phi) is 5.61. The van der Waals surface area contributed by atoms with Crippen LogP contribution in [0.2, 0.25) is 0 Å². The maximum absolute atomic E-state index is 12.4. The lowest BCUT2D eigenvalue weighted by molar-refractivity contribution is 0.0709. The number of hydrogen-bond acceptors (Lipinski definition) is 5. The molecule has 5 N–H and O–H groups in total. The zero-order valence-electron chi connectivity index (χ0n) is 17.6. The molecule has 3 aromatic rings. The average Bonchev–Trinajstić information content (AvgIpc) is 3.12. The molecule has 0 aliphatic carbocycles. The molecule has 0 bridgehead atoms. The number of aryl methyl sites for hydroxylation is 2. The summed E-state index contributed by atoms with van der Waals surface area (Å²) in [6, 6.07) is 4.14. The molecule has 0 radical (unpaired) electrons. The molecule has 2 aromatic heterocycles. The van der Waals surface area contributed by atoms with Gasteiger partial charge in [0.15, 0.2) is 0 Å². The van der Waals surface area contributed by atoms with E-state index in [0.29, 0.717) is 29.8 Å². The van der Waals surface area contributed by atoms with Gasteiger partial charge in [0.05, 0.1) is 34.3 Å². The van der Waals surface area contributed by atoms with Crippen molar-refractivity contribution in [3.63, 3.8) is 0 Å². The zero-order valence-corrected chi connectivity index (χ0v) is 17.6. The van der Waals surface area contributed by atoms with Gasteiger partial charge in [-0.1, -0.05) is 0 Å². The lowest BCUT2D eigenvalue weighted by Crippen LogP contribution is -2.24. The van der Waals surface area contributed by atoms with Crippen LogP contribution in [0.5, 0.6) is 0 Å². The van der Waals surface area contributed by atoms with Crippen molar-refractivity contribution in [1.29, 1.82) is 0 Å². The lowest BCUT2D eigenvalue weighted by Gasteiger charge is -2.22. The van der Waals surface area contributed by atoms with Crippen molar-refractivity contribution in [1.82, 2.24) is 15.2 Å². The third-order valence-corrected chi connectivity index (χ3v) is 4.87. The normalized spacial score (nSPS) is 12.0. The van der Waals surface area contributed by atoms with Gasteiger partial charge in [0.25, 0.3) is 5.91 Å². The fourth-order valence-electron chi connectivity index (χ4n) is 3.48. The maximum Gasteiger partial charge on any atom is 0.252 e. The number of carbonyl (C=O) groups excluding carboxylic acids is 1. The van der Waals surface area contributed by atoms with E-state index in [-0.39, 0.29) is 6.04 Å². The Bertz CT molecular complexity index is 1030. The number of nitrogens with one attached hydrogen (secondary N) is 2. The molecule has 154 valence electrons. The summed E-state index contributed by atoms with van der Waals surface area (Å²) in [4.78, 5) is 17.2. The number of aromatic amines is 1. The van der Waals surface area contributed by atoms with Gasteiger partial charge in [-0.25, -0.2) is 0 Å². The lowest BCUT2D eigenvalue weighted by atomic mass is 9.94. The Morgan fingerprint density at radius 3 is 2.62 bits per heavy atom. The molecule has 0 saturated heterocycles. The summed E-state index contributed by atoms with van der Waals surface area (Å²) in [5.41, 5.74) is 10.4. The van der Waals surface area contributed by atoms with Crippen molar-refractivity contribution in [3.8, 4) is 11.1 Å². The Balaban J connectivity index is 2.29. The number of nitrogens with two attached hydrogens (primary N) is 1. The summed E-state index contributed by atoms with van der Waals surface area (Å²) in [5, 5.41) is 21.3. The molecule has 0 saturated carbocycles. The second kappa shape index (κ2) is 7.83. The molecule has 0 spiro atoms. The first-order valence-electron chi connectivity index (χ1n) is 9.82. The number of carbonyl (C=O) groups is 1. The van der Waals surface area contributed by atoms with Gasteiger partial charge >= 0.3 is 0 Å². The first-order valence-corrected chi connectivity index (χ1v) is 9.82. The molecular formula is C22H29N5O2. The number of benzene rings is 1. The minimum atomic E-state index is -0.863. The Morgan fingerprint density at radius 2 is 2.07 bits per heavy atom. The SMILES string of the molecule is Cc1cc2nc(CCC(C)(C)O)c(C(N)=O)c(NC(C)C)c2cc1-c1cn[nH]c1. The minimum Gasteiger partial charge on any atom is -0.390 e. The van der Waals surface area contributed by atoms with Crippen LogP contribution >= 0.6 is 0 Å². The molecular weight excluding hydrogens is 366 g/mol. The number of aromatic nitrogens is 3. The summed E-state index contributed by atoms with van der Waals surface area (Å²) >= 11 is 0. The van der Waals surface area contributed by atoms with E-state index in [1.165, 1.54) is 0 Å². The van der Waals surface area contributed by atoms with Gasteiger partial charge in [-0.3, -0.25) is 14.9 Å². The Hall–Kier alpha value is -2.93. The van der Waals surface area contributed by atoms with Gasteiger partial charge in [-0.2, -0.15) is 5.10 Å². The van der Waals surface area contributed by atoms with Gasteiger partial charge in [-0.05, 0) is 70.7 Å². The maximum atomic E-state index is 12.4. The smallest absolute Gasteiger partial charge is 0.252 e. The van der Waals surface area contributed by atoms with Crippen LogP contribution in [0.3, 0.4) is 0 Å². The van der Waals surface area contributed by atoms with Crippen LogP contribution in [0.15, 0.2) is 24.5 Å². The van der Waals surface area contributed by atoms with Crippen molar-refractivity contribution in [3.05, 3.63) is 41.3 Å². The first-order chi connectivity index (χ1) is 13.6. The fourth-order valence-corrected chi connectivity index (χ4v) is 3.48. The van der Waals surface area contributed by atoms with Crippen molar-refractivity contribution in [2.75, 3.05) is 5.32 Å². The molecule has 0 atom stereocenters. The van der Waals surface area contributed by atoms with E-state index in [1.54, 1.807) is 20.0 Å². The van der Waals surface area contributed by atoms with Gasteiger partial charge < -0.3 is 16.2 Å². The third kappa shape index (κ3) is 4.56. The largest absolute Gasteiger partial charge is 0.390 e. The number of pyridine rings is 1. The van der Waals surface area contributed by atoms with Crippen LogP contribution in [-0.4, -0.2) is 37.8 Å². The van der Waals surface area contributed by atoms with Gasteiger partial charge in [0.1, 0.15) is 0 Å². The average molecular weight is 396 g/mol. The molecule has 0 unspecified atom stereocenters. The number of anilines is 1. The van der Waals surface area contributed by atoms with E-state index < -0.39 is 11.5 Å². The molecule has 1 amide bonds. The molecule has 1 aromatic carbocycles. The molecule has 3 rings (SSSR count). The summed E-state index contributed by atoms with van der Waals surface area (Å²) < 4.78 is 0. The van der Waals surface area contributed by atoms with Crippen LogP contribution in [0, 0.1) is 6.92 Å². The number of hydrogen-bond donors (Lipinski definition) is 4. The van der Waals surface area contributed by atoms with E-state index in [9.17, 15) is 9.90 Å². The van der Waals surface area contributed by atoms with Gasteiger partial charge in [0, 0.05) is 23.2 Å². The molecule has 29 heavy (non-hydrogen) atoms. The Morgan fingerprint density at radius 1 is 1.34 bits per heavy atom. The number of primary amides is 1. The molecule has 2 heterocycles. The highest BCUT2D eigenvalue weighted by Gasteiger charge is 2.23. The van der Waals surface area contributed by atoms with Crippen LogP contribution in [0.25, 0.3) is 22.0 Å². The zero-order chi connectivity index (χ0) is 21.3. The third-order valence-electron chi connectivity index (χ3n) is 4.87. The predicted octanol–water partition coefficient (Wildman–Crippen LogP) is 3.56. The summed E-state index contributed by atoms with van der Waals surface area (Å²) in [7, 11) is 0. The monoisotopic (exact) mass is 395 g/mol. The predicted molar refractivity (Wildman–Crippen MR) is 116 cm³/mol. The standard InChI is InChI=1S/C22H29N5O2/c1-12(2)26-20-16-9-15(14-10-24-25-11-14)13(3)8-18(16)27-17(19(20)21(23)28)6-7-22(4,5)29/h8-12,29H,6-7H2,1-5H3,(H2,23,28)(H,24,25)(H,26,27). The number of fused-ring (bicyclic) bond motifs is 1. The van der Waals surface area contributed by atoms with Crippen LogP contribution in [-0.2, 0) is 6.42 Å². The summed E-state index contributed by atoms with van der Waals surface area (Å²) in [6.07, 6.45) is 4.53. The van der Waals surface area contributed by atoms with E-state index in [0.717, 1.165) is 27.6 Å². The second-order valence-electron chi connectivity index (χ2n) is 8.46. The van der Waals surface area contributed by atoms with E-state index in [2.05, 4.69) is 15.5 Å². The highest BCUT2D eigenvalue weighted by atomic mass is 16.3. The summed E-state index contributed by atoms with van der Waals surface area (Å²) in [5.74, 6) is -0.529. The first kappa shape index (κ1) is 20.8. The van der Waals surface area contributed by atoms with Crippen molar-refractivity contribution < 1.29 is 9.90 Å². The number of nitrogens with zero attached hydrogens (tertiary/aromatic N) is 2. The van der Waals surface area contributed by atoms with Crippen molar-refractivity contribution in [2.45, 2.75) is 59.1 Å². The highest BCUT2D eigenvalue weighted by Crippen LogP contribution is 2.35. The van der Waals surface area contributed by atoms with E-state index in [1.807, 2.05) is 39.1 Å². The quantitative estimate of drug-likeness (QED) is 0.488. The van der Waals surface area contributed by atoms with Crippen LogP contribution < -0.4 is 11.1 Å². The van der Waals surface area contributed by atoms with Gasteiger partial charge in [0.2, 0.25) is 0 Å². The summed E-state index contributed by atoms with van der Waals surface area (Å²) in [6.45, 7) is 9.54.